The molecule has 3 fully saturated rings. The predicted octanol–water partition coefficient (Wildman–Crippen LogP) is 3.80. The molecule has 3 heterocycles. The van der Waals surface area contributed by atoms with E-state index in [4.69, 9.17) is 23.8 Å². The van der Waals surface area contributed by atoms with Crippen molar-refractivity contribution in [3.8, 4) is 0 Å². The maximum atomic E-state index is 14.1. The summed E-state index contributed by atoms with van der Waals surface area (Å²) >= 11 is 0. The lowest BCUT2D eigenvalue weighted by Crippen LogP contribution is -2.59. The highest BCUT2D eigenvalue weighted by Gasteiger charge is 2.53. The quantitative estimate of drug-likeness (QED) is 0.202. The molecule has 12 nitrogen and oxygen atoms in total. The Morgan fingerprint density at radius 2 is 1.63 bits per heavy atom. The average molecular weight is 701 g/mol. The summed E-state index contributed by atoms with van der Waals surface area (Å²) in [5.41, 5.74) is -4.07. The van der Waals surface area contributed by atoms with Gasteiger partial charge in [-0.05, 0) is 71.3 Å². The maximum absolute atomic E-state index is 14.1. The van der Waals surface area contributed by atoms with Crippen molar-refractivity contribution in [3.63, 3.8) is 0 Å². The fourth-order valence-electron chi connectivity index (χ4n) is 9.13. The second-order valence-electron chi connectivity index (χ2n) is 17.0. The van der Waals surface area contributed by atoms with Crippen LogP contribution in [0.15, 0.2) is 5.16 Å². The van der Waals surface area contributed by atoms with Gasteiger partial charge in [0.15, 0.2) is 6.29 Å². The van der Waals surface area contributed by atoms with E-state index in [0.29, 0.717) is 12.3 Å². The van der Waals surface area contributed by atoms with Gasteiger partial charge in [-0.25, -0.2) is 0 Å². The number of cyclic esters (lactones) is 1. The van der Waals surface area contributed by atoms with Crippen LogP contribution in [0, 0.1) is 35.0 Å². The van der Waals surface area contributed by atoms with Gasteiger partial charge in [-0.3, -0.25) is 4.79 Å². The second kappa shape index (κ2) is 16.1. The molecule has 12 heteroatoms. The molecule has 1 unspecified atom stereocenters. The Hall–Kier alpha value is -1.38. The minimum atomic E-state index is -1.85. The van der Waals surface area contributed by atoms with Crippen molar-refractivity contribution >= 4 is 11.7 Å². The normalized spacial score (nSPS) is 47.4. The summed E-state index contributed by atoms with van der Waals surface area (Å²) in [5.74, 6) is -3.36. The molecule has 0 amide bonds. The third kappa shape index (κ3) is 9.35. The van der Waals surface area contributed by atoms with E-state index in [0.717, 1.165) is 13.0 Å². The van der Waals surface area contributed by atoms with Crippen LogP contribution in [0.1, 0.15) is 109 Å². The zero-order valence-electron chi connectivity index (χ0n) is 32.4. The number of ether oxygens (including phenoxy) is 4. The summed E-state index contributed by atoms with van der Waals surface area (Å²) in [5, 5.41) is 54.9. The number of oxime groups is 1. The monoisotopic (exact) mass is 700 g/mol. The smallest absolute Gasteiger partial charge is 0.311 e. The van der Waals surface area contributed by atoms with E-state index in [-0.39, 0.29) is 31.3 Å². The van der Waals surface area contributed by atoms with Gasteiger partial charge in [0.25, 0.3) is 0 Å². The molecule has 3 rings (SSSR count). The van der Waals surface area contributed by atoms with Crippen LogP contribution in [-0.4, -0.2) is 112 Å². The molecule has 3 aliphatic rings. The van der Waals surface area contributed by atoms with Gasteiger partial charge in [0.05, 0.1) is 41.1 Å². The van der Waals surface area contributed by atoms with Crippen molar-refractivity contribution in [1.82, 2.24) is 5.32 Å². The molecule has 0 aromatic heterocycles. The highest BCUT2D eigenvalue weighted by atomic mass is 16.7. The SMILES string of the molecule is CC[C@H]1OC(=O)[C@H](C)[C@@H](O[C@H]2C[C@@](C)(OC)[C@@H](O)[C@H](C)O2)[C@H](C)[C@@H](C(C)(C)C)[C@](C)(O)C[C@@H](C)/C(=N\OC2CCNC2)[C@H](C)[C@@H](O)[C@]1(C)O. The molecule has 49 heavy (non-hydrogen) atoms. The molecule has 0 aromatic carbocycles. The molecule has 286 valence electrons. The molecule has 0 spiro atoms. The van der Waals surface area contributed by atoms with E-state index in [1.54, 1.807) is 34.6 Å². The van der Waals surface area contributed by atoms with Crippen LogP contribution >= 0.6 is 0 Å². The molecule has 0 radical (unpaired) electrons. The third-order valence-corrected chi connectivity index (χ3v) is 11.7. The predicted molar refractivity (Wildman–Crippen MR) is 187 cm³/mol. The van der Waals surface area contributed by atoms with Crippen LogP contribution < -0.4 is 5.32 Å². The first kappa shape index (κ1) is 42.0. The first-order valence-corrected chi connectivity index (χ1v) is 18.3. The molecule has 15 atom stereocenters. The zero-order chi connectivity index (χ0) is 37.3. The third-order valence-electron chi connectivity index (χ3n) is 11.7. The van der Waals surface area contributed by atoms with Gasteiger partial charge in [0.1, 0.15) is 23.9 Å². The summed E-state index contributed by atoms with van der Waals surface area (Å²) in [4.78, 5) is 20.1. The molecule has 3 saturated heterocycles. The fraction of sp³-hybridized carbons (Fsp3) is 0.946. The highest BCUT2D eigenvalue weighted by molar-refractivity contribution is 5.88. The zero-order valence-corrected chi connectivity index (χ0v) is 32.4. The molecule has 0 aliphatic carbocycles. The Labute approximate surface area is 294 Å². The van der Waals surface area contributed by atoms with Gasteiger partial charge in [-0.1, -0.05) is 53.6 Å². The first-order valence-electron chi connectivity index (χ1n) is 18.3. The van der Waals surface area contributed by atoms with E-state index >= 15 is 0 Å². The molecule has 3 aliphatic heterocycles. The van der Waals surface area contributed by atoms with Crippen molar-refractivity contribution < 1.29 is 49.0 Å². The van der Waals surface area contributed by atoms with Crippen molar-refractivity contribution in [2.75, 3.05) is 20.2 Å². The fourth-order valence-corrected chi connectivity index (χ4v) is 9.13. The molecular weight excluding hydrogens is 632 g/mol. The number of aliphatic hydroxyl groups is 4. The van der Waals surface area contributed by atoms with Crippen LogP contribution in [0.4, 0.5) is 0 Å². The summed E-state index contributed by atoms with van der Waals surface area (Å²) in [6.45, 7) is 23.8. The molecule has 0 bridgehead atoms. The lowest BCUT2D eigenvalue weighted by molar-refractivity contribution is -0.299. The van der Waals surface area contributed by atoms with Crippen LogP contribution in [0.3, 0.4) is 0 Å². The average Bonchev–Trinajstić information content (AvgIpc) is 3.52. The van der Waals surface area contributed by atoms with Gasteiger partial charge in [-0.15, -0.1) is 0 Å². The van der Waals surface area contributed by atoms with E-state index in [1.807, 2.05) is 20.8 Å². The number of carbonyl (C=O) groups is 1. The number of carbonyl (C=O) groups excluding carboxylic acids is 1. The lowest BCUT2D eigenvalue weighted by atomic mass is 9.60. The topological polar surface area (TPSA) is 169 Å². The summed E-state index contributed by atoms with van der Waals surface area (Å²) in [6, 6.07) is 0. The van der Waals surface area contributed by atoms with Gasteiger partial charge in [-0.2, -0.15) is 0 Å². The van der Waals surface area contributed by atoms with Crippen LogP contribution in [0.5, 0.6) is 0 Å². The van der Waals surface area contributed by atoms with Gasteiger partial charge < -0.3 is 49.5 Å². The standard InChI is InChI=1S/C37H68N2O10/c1-14-26-37(12,44)31(40)21(3)28(39-49-25-15-16-38-19-25)20(2)17-35(10,43)30(34(7,8)9)22(4)29(23(5)33(42)47-26)48-27-18-36(11,45-13)32(41)24(6)46-27/h20-27,29-32,38,40-41,43-44H,14-19H2,1-13H3/b39-28+/t20-,21+,22+,23-,24+,25?,26-,27+,29+,30+,31-,32+,35-,36-,37-/m1/s1. The number of rotatable bonds is 6. The first-order chi connectivity index (χ1) is 22.5. The Morgan fingerprint density at radius 3 is 2.16 bits per heavy atom. The molecule has 0 saturated carbocycles. The number of aliphatic hydroxyl groups excluding tert-OH is 2. The van der Waals surface area contributed by atoms with Crippen molar-refractivity contribution in [2.45, 2.75) is 168 Å². The Kier molecular flexibility index (Phi) is 13.8. The molecule has 5 N–H and O–H groups in total. The van der Waals surface area contributed by atoms with Gasteiger partial charge >= 0.3 is 5.97 Å². The Balaban J connectivity index is 2.16. The van der Waals surface area contributed by atoms with Crippen LogP contribution in [0.25, 0.3) is 0 Å². The number of nitrogens with one attached hydrogen (secondary N) is 1. The second-order valence-corrected chi connectivity index (χ2v) is 17.0. The largest absolute Gasteiger partial charge is 0.459 e. The summed E-state index contributed by atoms with van der Waals surface area (Å²) in [6.07, 6.45) is -4.19. The van der Waals surface area contributed by atoms with E-state index < -0.39 is 88.7 Å². The summed E-state index contributed by atoms with van der Waals surface area (Å²) < 4.78 is 24.7. The number of hydrogen-bond donors (Lipinski definition) is 5. The van der Waals surface area contributed by atoms with Gasteiger partial charge in [0, 0.05) is 38.3 Å². The highest BCUT2D eigenvalue weighted by Crippen LogP contribution is 2.47. The van der Waals surface area contributed by atoms with E-state index in [1.165, 1.54) is 14.0 Å². The van der Waals surface area contributed by atoms with Crippen LogP contribution in [0.2, 0.25) is 0 Å². The minimum Gasteiger partial charge on any atom is -0.459 e. The minimum absolute atomic E-state index is 0.130. The number of methoxy groups -OCH3 is 1. The van der Waals surface area contributed by atoms with E-state index in [2.05, 4.69) is 31.2 Å². The van der Waals surface area contributed by atoms with E-state index in [9.17, 15) is 25.2 Å². The lowest BCUT2D eigenvalue weighted by Gasteiger charge is -2.51. The Morgan fingerprint density at radius 1 is 1.00 bits per heavy atom. The maximum Gasteiger partial charge on any atom is 0.311 e. The van der Waals surface area contributed by atoms with Gasteiger partial charge in [0.2, 0.25) is 0 Å². The molecular formula is C37H68N2O10. The number of hydrogen-bond acceptors (Lipinski definition) is 12. The van der Waals surface area contributed by atoms with Crippen LogP contribution in [-0.2, 0) is 28.6 Å². The van der Waals surface area contributed by atoms with Crippen molar-refractivity contribution in [3.05, 3.63) is 0 Å². The number of esters is 1. The number of nitrogens with zero attached hydrogens (tertiary/aromatic N) is 1. The van der Waals surface area contributed by atoms with Crippen molar-refractivity contribution in [2.24, 2.45) is 40.2 Å². The Bertz CT molecular complexity index is 1120. The van der Waals surface area contributed by atoms with Crippen molar-refractivity contribution in [1.29, 1.82) is 0 Å². The molecule has 0 aromatic rings. The summed E-state index contributed by atoms with van der Waals surface area (Å²) in [7, 11) is 1.54.